The lowest BCUT2D eigenvalue weighted by molar-refractivity contribution is -0.119. The minimum Gasteiger partial charge on any atom is -0.492 e. The summed E-state index contributed by atoms with van der Waals surface area (Å²) in [5.41, 5.74) is 2.66. The Bertz CT molecular complexity index is 1110. The third kappa shape index (κ3) is 6.11. The van der Waals surface area contributed by atoms with E-state index in [0.717, 1.165) is 22.0 Å². The van der Waals surface area contributed by atoms with Gasteiger partial charge in [0.15, 0.2) is 0 Å². The van der Waals surface area contributed by atoms with E-state index in [1.165, 1.54) is 17.7 Å². The number of aryl methyl sites for hydroxylation is 2. The van der Waals surface area contributed by atoms with Gasteiger partial charge < -0.3 is 10.1 Å². The van der Waals surface area contributed by atoms with Crippen LogP contribution in [0.1, 0.15) is 18.1 Å². The zero-order valence-corrected chi connectivity index (χ0v) is 19.1. The number of nitrogens with zero attached hydrogens (tertiary/aromatic N) is 1. The molecule has 168 valence electrons. The summed E-state index contributed by atoms with van der Waals surface area (Å²) in [5.74, 6) is 0.319. The standard InChI is InChI=1S/C25H28N2O4S/c1-3-21-11-15-23(16-12-21)31-18-17-26-25(28)19-27(22-13-9-20(2)10-14-22)32(29,30)24-7-5-4-6-8-24/h4-16H,3,17-19H2,1-2H3,(H,26,28). The maximum atomic E-state index is 13.2. The largest absolute Gasteiger partial charge is 0.492 e. The lowest BCUT2D eigenvalue weighted by Crippen LogP contribution is -2.41. The average molecular weight is 453 g/mol. The van der Waals surface area contributed by atoms with Crippen molar-refractivity contribution in [1.82, 2.24) is 5.32 Å². The van der Waals surface area contributed by atoms with E-state index in [1.54, 1.807) is 30.3 Å². The Kier molecular flexibility index (Phi) is 7.89. The van der Waals surface area contributed by atoms with Crippen LogP contribution in [-0.2, 0) is 21.2 Å². The highest BCUT2D eigenvalue weighted by Crippen LogP contribution is 2.23. The van der Waals surface area contributed by atoms with E-state index in [-0.39, 0.29) is 24.6 Å². The quantitative estimate of drug-likeness (QED) is 0.473. The molecule has 0 fully saturated rings. The van der Waals surface area contributed by atoms with Crippen LogP contribution in [0.15, 0.2) is 83.8 Å². The van der Waals surface area contributed by atoms with E-state index in [2.05, 4.69) is 12.2 Å². The summed E-state index contributed by atoms with van der Waals surface area (Å²) in [4.78, 5) is 12.7. The zero-order valence-electron chi connectivity index (χ0n) is 18.3. The van der Waals surface area contributed by atoms with E-state index >= 15 is 0 Å². The zero-order chi connectivity index (χ0) is 23.0. The molecular weight excluding hydrogens is 424 g/mol. The highest BCUT2D eigenvalue weighted by molar-refractivity contribution is 7.92. The third-order valence-electron chi connectivity index (χ3n) is 4.96. The minimum absolute atomic E-state index is 0.132. The van der Waals surface area contributed by atoms with Gasteiger partial charge in [0, 0.05) is 0 Å². The van der Waals surface area contributed by atoms with Crippen LogP contribution >= 0.6 is 0 Å². The number of anilines is 1. The summed E-state index contributed by atoms with van der Waals surface area (Å²) >= 11 is 0. The van der Waals surface area contributed by atoms with Crippen molar-refractivity contribution in [1.29, 1.82) is 0 Å². The molecule has 0 aliphatic rings. The number of benzene rings is 3. The fourth-order valence-corrected chi connectivity index (χ4v) is 4.55. The van der Waals surface area contributed by atoms with Crippen molar-refractivity contribution in [3.05, 3.63) is 90.0 Å². The van der Waals surface area contributed by atoms with Gasteiger partial charge in [-0.1, -0.05) is 55.0 Å². The molecule has 1 N–H and O–H groups in total. The van der Waals surface area contributed by atoms with E-state index in [4.69, 9.17) is 4.74 Å². The number of amides is 1. The Morgan fingerprint density at radius 2 is 1.59 bits per heavy atom. The van der Waals surface area contributed by atoms with Crippen molar-refractivity contribution < 1.29 is 17.9 Å². The molecule has 0 aliphatic heterocycles. The van der Waals surface area contributed by atoms with E-state index in [9.17, 15) is 13.2 Å². The van der Waals surface area contributed by atoms with Crippen molar-refractivity contribution in [3.63, 3.8) is 0 Å². The maximum absolute atomic E-state index is 13.2. The van der Waals surface area contributed by atoms with Crippen LogP contribution in [0, 0.1) is 6.92 Å². The molecule has 6 nitrogen and oxygen atoms in total. The van der Waals surface area contributed by atoms with Gasteiger partial charge in [-0.3, -0.25) is 9.10 Å². The van der Waals surface area contributed by atoms with E-state index < -0.39 is 15.9 Å². The van der Waals surface area contributed by atoms with Gasteiger partial charge in [0.1, 0.15) is 18.9 Å². The number of hydrogen-bond donors (Lipinski definition) is 1. The van der Waals surface area contributed by atoms with Crippen LogP contribution in [0.2, 0.25) is 0 Å². The second-order valence-corrected chi connectivity index (χ2v) is 9.22. The van der Waals surface area contributed by atoms with Gasteiger partial charge in [0.2, 0.25) is 5.91 Å². The van der Waals surface area contributed by atoms with Gasteiger partial charge in [0.25, 0.3) is 10.0 Å². The number of carbonyl (C=O) groups excluding carboxylic acids is 1. The SMILES string of the molecule is CCc1ccc(OCCNC(=O)CN(c2ccc(C)cc2)S(=O)(=O)c2ccccc2)cc1. The van der Waals surface area contributed by atoms with E-state index in [1.807, 2.05) is 43.3 Å². The number of hydrogen-bond acceptors (Lipinski definition) is 4. The normalized spacial score (nSPS) is 11.1. The van der Waals surface area contributed by atoms with Gasteiger partial charge in [-0.15, -0.1) is 0 Å². The first kappa shape index (κ1) is 23.3. The van der Waals surface area contributed by atoms with Crippen LogP contribution in [0.5, 0.6) is 5.75 Å². The minimum atomic E-state index is -3.90. The highest BCUT2D eigenvalue weighted by atomic mass is 32.2. The molecule has 0 aliphatic carbocycles. The Morgan fingerprint density at radius 1 is 0.938 bits per heavy atom. The highest BCUT2D eigenvalue weighted by Gasteiger charge is 2.26. The summed E-state index contributed by atoms with van der Waals surface area (Å²) in [6.07, 6.45) is 0.958. The number of ether oxygens (including phenoxy) is 1. The Morgan fingerprint density at radius 3 is 2.22 bits per heavy atom. The van der Waals surface area contributed by atoms with Crippen LogP contribution in [-0.4, -0.2) is 34.0 Å². The van der Waals surface area contributed by atoms with Gasteiger partial charge in [0.05, 0.1) is 17.1 Å². The molecule has 1 amide bonds. The molecule has 3 rings (SSSR count). The first-order valence-corrected chi connectivity index (χ1v) is 12.0. The molecule has 0 aromatic heterocycles. The molecule has 0 heterocycles. The Hall–Kier alpha value is -3.32. The molecule has 3 aromatic rings. The maximum Gasteiger partial charge on any atom is 0.264 e. The van der Waals surface area contributed by atoms with Crippen molar-refractivity contribution in [3.8, 4) is 5.75 Å². The van der Waals surface area contributed by atoms with Crippen LogP contribution in [0.4, 0.5) is 5.69 Å². The molecule has 32 heavy (non-hydrogen) atoms. The molecule has 3 aromatic carbocycles. The molecule has 7 heteroatoms. The lowest BCUT2D eigenvalue weighted by Gasteiger charge is -2.24. The van der Waals surface area contributed by atoms with Gasteiger partial charge >= 0.3 is 0 Å². The van der Waals surface area contributed by atoms with Crippen molar-refractivity contribution in [2.75, 3.05) is 24.0 Å². The van der Waals surface area contributed by atoms with Gasteiger partial charge in [-0.05, 0) is 55.3 Å². The molecule has 0 unspecified atom stereocenters. The average Bonchev–Trinajstić information content (AvgIpc) is 2.82. The van der Waals surface area contributed by atoms with Crippen molar-refractivity contribution >= 4 is 21.6 Å². The molecule has 0 atom stereocenters. The first-order valence-electron chi connectivity index (χ1n) is 10.5. The van der Waals surface area contributed by atoms with Crippen molar-refractivity contribution in [2.24, 2.45) is 0 Å². The molecule has 0 saturated heterocycles. The molecule has 0 saturated carbocycles. The monoisotopic (exact) mass is 452 g/mol. The summed E-state index contributed by atoms with van der Waals surface area (Å²) in [6.45, 7) is 4.23. The topological polar surface area (TPSA) is 75.7 Å². The number of sulfonamides is 1. The third-order valence-corrected chi connectivity index (χ3v) is 6.75. The summed E-state index contributed by atoms with van der Waals surface area (Å²) < 4.78 is 33.3. The van der Waals surface area contributed by atoms with Gasteiger partial charge in [-0.2, -0.15) is 0 Å². The smallest absolute Gasteiger partial charge is 0.264 e. The molecule has 0 bridgehead atoms. The summed E-state index contributed by atoms with van der Waals surface area (Å²) in [7, 11) is -3.90. The van der Waals surface area contributed by atoms with Gasteiger partial charge in [-0.25, -0.2) is 8.42 Å². The fourth-order valence-electron chi connectivity index (χ4n) is 3.11. The summed E-state index contributed by atoms with van der Waals surface area (Å²) in [5, 5.41) is 2.74. The number of nitrogens with one attached hydrogen (secondary N) is 1. The first-order chi connectivity index (χ1) is 15.4. The number of rotatable bonds is 10. The Labute approximate surface area is 189 Å². The van der Waals surface area contributed by atoms with Crippen LogP contribution in [0.25, 0.3) is 0 Å². The molecule has 0 radical (unpaired) electrons. The summed E-state index contributed by atoms with van der Waals surface area (Å²) in [6, 6.07) is 22.9. The predicted octanol–water partition coefficient (Wildman–Crippen LogP) is 3.95. The predicted molar refractivity (Wildman–Crippen MR) is 126 cm³/mol. The van der Waals surface area contributed by atoms with Crippen LogP contribution in [0.3, 0.4) is 0 Å². The van der Waals surface area contributed by atoms with Crippen molar-refractivity contribution in [2.45, 2.75) is 25.2 Å². The number of carbonyl (C=O) groups is 1. The Balaban J connectivity index is 1.65. The van der Waals surface area contributed by atoms with Crippen LogP contribution < -0.4 is 14.4 Å². The second kappa shape index (κ2) is 10.8. The van der Waals surface area contributed by atoms with E-state index in [0.29, 0.717) is 5.69 Å². The molecule has 0 spiro atoms. The molecular formula is C25H28N2O4S. The second-order valence-electron chi connectivity index (χ2n) is 7.36. The lowest BCUT2D eigenvalue weighted by atomic mass is 10.2. The fraction of sp³-hybridized carbons (Fsp3) is 0.240.